The third kappa shape index (κ3) is 3.77. The van der Waals surface area contributed by atoms with Crippen LogP contribution < -0.4 is 4.72 Å². The van der Waals surface area contributed by atoms with Crippen LogP contribution in [0.2, 0.25) is 0 Å². The molecule has 1 aliphatic carbocycles. The Hall–Kier alpha value is -0.620. The Bertz CT molecular complexity index is 584. The summed E-state index contributed by atoms with van der Waals surface area (Å²) in [5, 5.41) is 0. The SMILES string of the molecule is O=S(=O)(NC1CCN(C2CC2)C1)c1ccc(CCCl)cc1. The number of nitrogens with zero attached hydrogens (tertiary/aromatic N) is 1. The monoisotopic (exact) mass is 328 g/mol. The quantitative estimate of drug-likeness (QED) is 0.812. The van der Waals surface area contributed by atoms with E-state index in [0.717, 1.165) is 31.5 Å². The maximum Gasteiger partial charge on any atom is 0.240 e. The van der Waals surface area contributed by atoms with Crippen LogP contribution in [0.25, 0.3) is 0 Å². The first kappa shape index (κ1) is 15.3. The first-order valence-electron chi connectivity index (χ1n) is 7.50. The van der Waals surface area contributed by atoms with Gasteiger partial charge in [0.15, 0.2) is 0 Å². The number of likely N-dealkylation sites (tertiary alicyclic amines) is 1. The molecule has 1 saturated carbocycles. The van der Waals surface area contributed by atoms with Crippen molar-refractivity contribution in [2.75, 3.05) is 19.0 Å². The Balaban J connectivity index is 1.63. The lowest BCUT2D eigenvalue weighted by atomic mass is 10.2. The molecule has 21 heavy (non-hydrogen) atoms. The fourth-order valence-electron chi connectivity index (χ4n) is 2.89. The summed E-state index contributed by atoms with van der Waals surface area (Å²) < 4.78 is 27.6. The van der Waals surface area contributed by atoms with E-state index in [-0.39, 0.29) is 6.04 Å². The summed E-state index contributed by atoms with van der Waals surface area (Å²) in [4.78, 5) is 2.74. The van der Waals surface area contributed by atoms with Crippen LogP contribution in [0.15, 0.2) is 29.2 Å². The molecule has 1 aliphatic heterocycles. The average Bonchev–Trinajstić information content (AvgIpc) is 3.21. The lowest BCUT2D eigenvalue weighted by molar-refractivity contribution is 0.322. The van der Waals surface area contributed by atoms with Crippen molar-refractivity contribution in [2.24, 2.45) is 0 Å². The highest BCUT2D eigenvalue weighted by Gasteiger charge is 2.35. The van der Waals surface area contributed by atoms with Crippen LogP contribution in [0, 0.1) is 0 Å². The van der Waals surface area contributed by atoms with Crippen LogP contribution in [0.3, 0.4) is 0 Å². The van der Waals surface area contributed by atoms with Gasteiger partial charge in [0.2, 0.25) is 10.0 Å². The van der Waals surface area contributed by atoms with E-state index in [4.69, 9.17) is 11.6 Å². The Morgan fingerprint density at radius 3 is 2.52 bits per heavy atom. The molecule has 0 aromatic heterocycles. The standard InChI is InChI=1S/C15H21ClN2O2S/c16-9-7-12-1-5-15(6-2-12)21(19,20)17-13-8-10-18(11-13)14-3-4-14/h1-2,5-6,13-14,17H,3-4,7-11H2. The summed E-state index contributed by atoms with van der Waals surface area (Å²) in [5.41, 5.74) is 1.06. The molecule has 116 valence electrons. The second-order valence-corrected chi connectivity index (χ2v) is 8.01. The zero-order valence-electron chi connectivity index (χ0n) is 12.0. The topological polar surface area (TPSA) is 49.4 Å². The maximum absolute atomic E-state index is 12.4. The van der Waals surface area contributed by atoms with Crippen LogP contribution in [0.5, 0.6) is 0 Å². The number of rotatable bonds is 6. The largest absolute Gasteiger partial charge is 0.299 e. The summed E-state index contributed by atoms with van der Waals surface area (Å²) in [6.45, 7) is 1.85. The number of alkyl halides is 1. The first-order chi connectivity index (χ1) is 10.1. The predicted octanol–water partition coefficient (Wildman–Crippen LogP) is 1.98. The molecule has 0 bridgehead atoms. The molecular weight excluding hydrogens is 308 g/mol. The second kappa shape index (κ2) is 6.24. The lowest BCUT2D eigenvalue weighted by Crippen LogP contribution is -2.37. The number of hydrogen-bond acceptors (Lipinski definition) is 3. The van der Waals surface area contributed by atoms with Crippen LogP contribution in [-0.2, 0) is 16.4 Å². The molecular formula is C15H21ClN2O2S. The van der Waals surface area contributed by atoms with Gasteiger partial charge in [-0.1, -0.05) is 12.1 Å². The Morgan fingerprint density at radius 1 is 1.19 bits per heavy atom. The highest BCUT2D eigenvalue weighted by atomic mass is 35.5. The van der Waals surface area contributed by atoms with Crippen LogP contribution in [0.1, 0.15) is 24.8 Å². The van der Waals surface area contributed by atoms with E-state index in [1.165, 1.54) is 12.8 Å². The van der Waals surface area contributed by atoms with Gasteiger partial charge in [-0.25, -0.2) is 13.1 Å². The van der Waals surface area contributed by atoms with Gasteiger partial charge in [0.05, 0.1) is 4.90 Å². The minimum absolute atomic E-state index is 0.0399. The number of aryl methyl sites for hydroxylation is 1. The van der Waals surface area contributed by atoms with Gasteiger partial charge in [-0.15, -0.1) is 11.6 Å². The van der Waals surface area contributed by atoms with Gasteiger partial charge in [0, 0.05) is 31.1 Å². The Labute approximate surface area is 131 Å². The van der Waals surface area contributed by atoms with E-state index in [2.05, 4.69) is 9.62 Å². The van der Waals surface area contributed by atoms with Gasteiger partial charge >= 0.3 is 0 Å². The third-order valence-electron chi connectivity index (χ3n) is 4.22. The van der Waals surface area contributed by atoms with E-state index >= 15 is 0 Å². The lowest BCUT2D eigenvalue weighted by Gasteiger charge is -2.16. The number of hydrogen-bond donors (Lipinski definition) is 1. The van der Waals surface area contributed by atoms with Gasteiger partial charge in [0.1, 0.15) is 0 Å². The molecule has 2 aliphatic rings. The van der Waals surface area contributed by atoms with Gasteiger partial charge < -0.3 is 0 Å². The zero-order chi connectivity index (χ0) is 14.9. The fourth-order valence-corrected chi connectivity index (χ4v) is 4.37. The van der Waals surface area contributed by atoms with E-state index in [1.54, 1.807) is 12.1 Å². The maximum atomic E-state index is 12.4. The van der Waals surface area contributed by atoms with Crippen molar-refractivity contribution in [3.05, 3.63) is 29.8 Å². The van der Waals surface area contributed by atoms with Gasteiger partial charge in [-0.3, -0.25) is 4.90 Å². The van der Waals surface area contributed by atoms with Crippen LogP contribution >= 0.6 is 11.6 Å². The molecule has 1 N–H and O–H groups in total. The van der Waals surface area contributed by atoms with E-state index in [0.29, 0.717) is 16.8 Å². The van der Waals surface area contributed by atoms with Crippen molar-refractivity contribution >= 4 is 21.6 Å². The van der Waals surface area contributed by atoms with Crippen LogP contribution in [0.4, 0.5) is 0 Å². The second-order valence-electron chi connectivity index (χ2n) is 5.92. The fraction of sp³-hybridized carbons (Fsp3) is 0.600. The smallest absolute Gasteiger partial charge is 0.240 e. The van der Waals surface area contributed by atoms with Crippen molar-refractivity contribution < 1.29 is 8.42 Å². The molecule has 0 spiro atoms. The average molecular weight is 329 g/mol. The number of sulfonamides is 1. The van der Waals surface area contributed by atoms with Gasteiger partial charge in [0.25, 0.3) is 0 Å². The molecule has 1 aromatic carbocycles. The van der Waals surface area contributed by atoms with Crippen molar-refractivity contribution in [1.29, 1.82) is 0 Å². The molecule has 4 nitrogen and oxygen atoms in total. The van der Waals surface area contributed by atoms with E-state index < -0.39 is 10.0 Å². The Kier molecular flexibility index (Phi) is 4.54. The molecule has 2 fully saturated rings. The summed E-state index contributed by atoms with van der Waals surface area (Å²) in [6, 6.07) is 7.74. The first-order valence-corrected chi connectivity index (χ1v) is 9.51. The van der Waals surface area contributed by atoms with Crippen LogP contribution in [-0.4, -0.2) is 44.4 Å². The number of nitrogens with one attached hydrogen (secondary N) is 1. The summed E-state index contributed by atoms with van der Waals surface area (Å²) in [5.74, 6) is 0.545. The van der Waals surface area contributed by atoms with E-state index in [9.17, 15) is 8.42 Å². The minimum Gasteiger partial charge on any atom is -0.299 e. The summed E-state index contributed by atoms with van der Waals surface area (Å²) in [7, 11) is -3.41. The molecule has 0 amide bonds. The zero-order valence-corrected chi connectivity index (χ0v) is 13.5. The highest BCUT2D eigenvalue weighted by molar-refractivity contribution is 7.89. The van der Waals surface area contributed by atoms with Crippen molar-refractivity contribution in [3.63, 3.8) is 0 Å². The molecule has 1 saturated heterocycles. The van der Waals surface area contributed by atoms with Crippen molar-refractivity contribution in [2.45, 2.75) is 42.7 Å². The minimum atomic E-state index is -3.41. The highest BCUT2D eigenvalue weighted by Crippen LogP contribution is 2.30. The van der Waals surface area contributed by atoms with Crippen molar-refractivity contribution in [1.82, 2.24) is 9.62 Å². The molecule has 6 heteroatoms. The molecule has 1 heterocycles. The van der Waals surface area contributed by atoms with Gasteiger partial charge in [-0.2, -0.15) is 0 Å². The molecule has 1 unspecified atom stereocenters. The molecule has 0 radical (unpaired) electrons. The Morgan fingerprint density at radius 2 is 1.90 bits per heavy atom. The summed E-state index contributed by atoms with van der Waals surface area (Å²) >= 11 is 5.69. The third-order valence-corrected chi connectivity index (χ3v) is 5.95. The number of benzene rings is 1. The normalized spacial score (nSPS) is 23.6. The molecule has 3 rings (SSSR count). The molecule has 1 aromatic rings. The van der Waals surface area contributed by atoms with Crippen molar-refractivity contribution in [3.8, 4) is 0 Å². The van der Waals surface area contributed by atoms with E-state index in [1.807, 2.05) is 12.1 Å². The number of halogens is 1. The molecule has 1 atom stereocenters. The summed E-state index contributed by atoms with van der Waals surface area (Å²) in [6.07, 6.45) is 4.19. The van der Waals surface area contributed by atoms with Gasteiger partial charge in [-0.05, 0) is 43.4 Å². The predicted molar refractivity (Wildman–Crippen MR) is 84.2 cm³/mol.